The molecule has 3 rings (SSSR count). The summed E-state index contributed by atoms with van der Waals surface area (Å²) in [4.78, 5) is 26.4. The van der Waals surface area contributed by atoms with Crippen LogP contribution in [-0.4, -0.2) is 48.4 Å². The Hall–Kier alpha value is -1.59. The molecular weight excluding hydrogens is 302 g/mol. The maximum Gasteiger partial charge on any atom is 0.251 e. The van der Waals surface area contributed by atoms with Crippen LogP contribution in [0, 0.1) is 0 Å². The van der Waals surface area contributed by atoms with E-state index in [1.807, 2.05) is 23.1 Å². The van der Waals surface area contributed by atoms with Gasteiger partial charge in [-0.1, -0.05) is 18.2 Å². The summed E-state index contributed by atoms with van der Waals surface area (Å²) in [7, 11) is 0. The standard InChI is InChI=1S/C16H21N3O2.ClH/c20-15(11-18-16(21)12-4-2-1-3-5-12)19-13-6-7-14(19)10-17-9-8-13;/h1-5,13-14,17H,6-11H2,(H,18,21);1H. The second kappa shape index (κ2) is 7.61. The van der Waals surface area contributed by atoms with E-state index in [9.17, 15) is 9.59 Å². The predicted molar refractivity (Wildman–Crippen MR) is 87.2 cm³/mol. The fourth-order valence-corrected chi connectivity index (χ4v) is 3.33. The predicted octanol–water partition coefficient (Wildman–Crippen LogP) is 1.19. The van der Waals surface area contributed by atoms with Gasteiger partial charge >= 0.3 is 0 Å². The molecule has 0 aromatic heterocycles. The lowest BCUT2D eigenvalue weighted by Gasteiger charge is -2.28. The average molecular weight is 324 g/mol. The van der Waals surface area contributed by atoms with Crippen molar-refractivity contribution >= 4 is 24.2 Å². The molecule has 2 unspecified atom stereocenters. The summed E-state index contributed by atoms with van der Waals surface area (Å²) in [5.41, 5.74) is 0.589. The zero-order chi connectivity index (χ0) is 14.7. The molecule has 2 amide bonds. The van der Waals surface area contributed by atoms with Crippen LogP contribution in [-0.2, 0) is 4.79 Å². The van der Waals surface area contributed by atoms with Crippen LogP contribution < -0.4 is 10.6 Å². The Balaban J connectivity index is 0.00000176. The lowest BCUT2D eigenvalue weighted by atomic mass is 10.1. The van der Waals surface area contributed by atoms with E-state index in [2.05, 4.69) is 10.6 Å². The highest BCUT2D eigenvalue weighted by Crippen LogP contribution is 2.27. The number of carbonyl (C=O) groups is 2. The summed E-state index contributed by atoms with van der Waals surface area (Å²) in [6.07, 6.45) is 3.16. The highest BCUT2D eigenvalue weighted by molar-refractivity contribution is 5.96. The van der Waals surface area contributed by atoms with E-state index in [-0.39, 0.29) is 30.8 Å². The van der Waals surface area contributed by atoms with E-state index in [0.29, 0.717) is 17.6 Å². The van der Waals surface area contributed by atoms with Crippen molar-refractivity contribution in [2.75, 3.05) is 19.6 Å². The quantitative estimate of drug-likeness (QED) is 0.878. The Morgan fingerprint density at radius 1 is 1.14 bits per heavy atom. The molecule has 0 aliphatic carbocycles. The first kappa shape index (κ1) is 16.8. The van der Waals surface area contributed by atoms with Gasteiger partial charge in [-0.3, -0.25) is 9.59 Å². The smallest absolute Gasteiger partial charge is 0.251 e. The Morgan fingerprint density at radius 2 is 1.86 bits per heavy atom. The molecule has 120 valence electrons. The zero-order valence-corrected chi connectivity index (χ0v) is 13.3. The molecule has 2 atom stereocenters. The van der Waals surface area contributed by atoms with Crippen molar-refractivity contribution in [3.05, 3.63) is 35.9 Å². The minimum absolute atomic E-state index is 0. The van der Waals surface area contributed by atoms with Crippen molar-refractivity contribution in [1.82, 2.24) is 15.5 Å². The number of halogens is 1. The molecule has 2 heterocycles. The summed E-state index contributed by atoms with van der Waals surface area (Å²) in [6.45, 7) is 1.93. The molecule has 2 saturated heterocycles. The Kier molecular flexibility index (Phi) is 5.80. The normalized spacial score (nSPS) is 23.4. The highest BCUT2D eigenvalue weighted by atomic mass is 35.5. The van der Waals surface area contributed by atoms with Gasteiger partial charge in [0.2, 0.25) is 5.91 Å². The number of rotatable bonds is 3. The number of fused-ring (bicyclic) bond motifs is 2. The van der Waals surface area contributed by atoms with Gasteiger partial charge in [-0.15, -0.1) is 12.4 Å². The SMILES string of the molecule is Cl.O=C(NCC(=O)N1C2CCNCC1CC2)c1ccccc1. The van der Waals surface area contributed by atoms with Crippen LogP contribution in [0.3, 0.4) is 0 Å². The van der Waals surface area contributed by atoms with Crippen LogP contribution in [0.2, 0.25) is 0 Å². The summed E-state index contributed by atoms with van der Waals surface area (Å²) in [5, 5.41) is 6.11. The molecule has 2 fully saturated rings. The van der Waals surface area contributed by atoms with Crippen molar-refractivity contribution in [2.24, 2.45) is 0 Å². The van der Waals surface area contributed by atoms with Gasteiger partial charge in [0, 0.05) is 24.2 Å². The van der Waals surface area contributed by atoms with E-state index in [4.69, 9.17) is 0 Å². The third-order valence-electron chi connectivity index (χ3n) is 4.38. The maximum atomic E-state index is 12.4. The van der Waals surface area contributed by atoms with Crippen LogP contribution in [0.15, 0.2) is 30.3 Å². The van der Waals surface area contributed by atoms with E-state index < -0.39 is 0 Å². The molecule has 1 aromatic carbocycles. The first-order chi connectivity index (χ1) is 10.3. The van der Waals surface area contributed by atoms with Crippen molar-refractivity contribution in [1.29, 1.82) is 0 Å². The van der Waals surface area contributed by atoms with E-state index in [1.165, 1.54) is 0 Å². The number of hydrogen-bond acceptors (Lipinski definition) is 3. The average Bonchev–Trinajstić information content (AvgIpc) is 2.78. The van der Waals surface area contributed by atoms with Gasteiger partial charge in [-0.05, 0) is 37.9 Å². The summed E-state index contributed by atoms with van der Waals surface area (Å²) < 4.78 is 0. The van der Waals surface area contributed by atoms with E-state index >= 15 is 0 Å². The number of nitrogens with one attached hydrogen (secondary N) is 2. The van der Waals surface area contributed by atoms with E-state index in [0.717, 1.165) is 32.4 Å². The third-order valence-corrected chi connectivity index (χ3v) is 4.38. The van der Waals surface area contributed by atoms with Crippen molar-refractivity contribution in [3.8, 4) is 0 Å². The number of nitrogens with zero attached hydrogens (tertiary/aromatic N) is 1. The van der Waals surface area contributed by atoms with Gasteiger partial charge in [0.05, 0.1) is 6.54 Å². The van der Waals surface area contributed by atoms with Crippen LogP contribution >= 0.6 is 12.4 Å². The monoisotopic (exact) mass is 323 g/mol. The molecule has 2 N–H and O–H groups in total. The molecule has 6 heteroatoms. The highest BCUT2D eigenvalue weighted by Gasteiger charge is 2.37. The lowest BCUT2D eigenvalue weighted by molar-refractivity contribution is -0.132. The molecular formula is C16H22ClN3O2. The minimum Gasteiger partial charge on any atom is -0.343 e. The number of amides is 2. The molecule has 22 heavy (non-hydrogen) atoms. The van der Waals surface area contributed by atoms with Gasteiger partial charge < -0.3 is 15.5 Å². The molecule has 1 aromatic rings. The topological polar surface area (TPSA) is 61.4 Å². The molecule has 2 bridgehead atoms. The number of carbonyl (C=O) groups excluding carboxylic acids is 2. The first-order valence-corrected chi connectivity index (χ1v) is 7.61. The first-order valence-electron chi connectivity index (χ1n) is 7.61. The Morgan fingerprint density at radius 3 is 2.64 bits per heavy atom. The van der Waals surface area contributed by atoms with Gasteiger partial charge in [-0.25, -0.2) is 0 Å². The summed E-state index contributed by atoms with van der Waals surface area (Å²) in [6, 6.07) is 9.63. The van der Waals surface area contributed by atoms with Crippen LogP contribution in [0.1, 0.15) is 29.6 Å². The maximum absolute atomic E-state index is 12.4. The fourth-order valence-electron chi connectivity index (χ4n) is 3.33. The molecule has 0 saturated carbocycles. The van der Waals surface area contributed by atoms with Crippen molar-refractivity contribution < 1.29 is 9.59 Å². The second-order valence-electron chi connectivity index (χ2n) is 5.73. The van der Waals surface area contributed by atoms with Gasteiger partial charge in [0.1, 0.15) is 0 Å². The minimum atomic E-state index is -0.191. The lowest BCUT2D eigenvalue weighted by Crippen LogP contribution is -2.47. The van der Waals surface area contributed by atoms with Crippen molar-refractivity contribution in [2.45, 2.75) is 31.3 Å². The fraction of sp³-hybridized carbons (Fsp3) is 0.500. The molecule has 2 aliphatic heterocycles. The zero-order valence-electron chi connectivity index (χ0n) is 12.5. The van der Waals surface area contributed by atoms with Gasteiger partial charge in [0.25, 0.3) is 5.91 Å². The molecule has 2 aliphatic rings. The largest absolute Gasteiger partial charge is 0.343 e. The van der Waals surface area contributed by atoms with Crippen LogP contribution in [0.5, 0.6) is 0 Å². The molecule has 5 nitrogen and oxygen atoms in total. The number of benzene rings is 1. The Labute approximate surface area is 136 Å². The summed E-state index contributed by atoms with van der Waals surface area (Å²) >= 11 is 0. The van der Waals surface area contributed by atoms with Crippen LogP contribution in [0.4, 0.5) is 0 Å². The van der Waals surface area contributed by atoms with Crippen molar-refractivity contribution in [3.63, 3.8) is 0 Å². The van der Waals surface area contributed by atoms with Gasteiger partial charge in [-0.2, -0.15) is 0 Å². The van der Waals surface area contributed by atoms with Crippen LogP contribution in [0.25, 0.3) is 0 Å². The summed E-state index contributed by atoms with van der Waals surface area (Å²) in [5.74, 6) is -0.153. The van der Waals surface area contributed by atoms with E-state index in [1.54, 1.807) is 12.1 Å². The third kappa shape index (κ3) is 3.59. The Bertz CT molecular complexity index is 509. The second-order valence-corrected chi connectivity index (χ2v) is 5.73. The number of hydrogen-bond donors (Lipinski definition) is 2. The van der Waals surface area contributed by atoms with Gasteiger partial charge in [0.15, 0.2) is 0 Å². The molecule has 0 radical (unpaired) electrons. The molecule has 0 spiro atoms.